The number of nitrogens with zero attached hydrogens (tertiary/aromatic N) is 4. The Morgan fingerprint density at radius 1 is 1.33 bits per heavy atom. The van der Waals surface area contributed by atoms with Gasteiger partial charge in [-0.2, -0.15) is 0 Å². The van der Waals surface area contributed by atoms with Crippen molar-refractivity contribution in [2.45, 2.75) is 26.4 Å². The van der Waals surface area contributed by atoms with Gasteiger partial charge in [-0.15, -0.1) is 0 Å². The van der Waals surface area contributed by atoms with Crippen molar-refractivity contribution in [3.8, 4) is 0 Å². The molecule has 0 radical (unpaired) electrons. The smallest absolute Gasteiger partial charge is 0.132 e. The number of allylic oxidation sites excluding steroid dienone is 3. The van der Waals surface area contributed by atoms with Crippen molar-refractivity contribution in [3.63, 3.8) is 0 Å². The zero-order valence-corrected chi connectivity index (χ0v) is 17.4. The van der Waals surface area contributed by atoms with E-state index in [1.807, 2.05) is 26.0 Å². The minimum absolute atomic E-state index is 0.0945. The fourth-order valence-corrected chi connectivity index (χ4v) is 3.41. The molecule has 7 heteroatoms. The van der Waals surface area contributed by atoms with E-state index < -0.39 is 0 Å². The molecule has 1 aromatic heterocycles. The van der Waals surface area contributed by atoms with Crippen LogP contribution in [0.4, 0.5) is 5.82 Å². The molecule has 0 spiro atoms. The van der Waals surface area contributed by atoms with Crippen molar-refractivity contribution in [1.82, 2.24) is 14.3 Å². The van der Waals surface area contributed by atoms with Crippen LogP contribution in [-0.4, -0.2) is 59.4 Å². The standard InChI is InChI=1S/C20H31N5OS/c1-5-6-19(26-16(2)3)12-17(14-21)11-18-13-20(23-15-22-18)24-7-9-25(27-4)10-8-24/h5-6,12-13,15-16H,1,7-11,14,21H2,2-4H3/b17-12-,19-6+. The minimum atomic E-state index is 0.0945. The van der Waals surface area contributed by atoms with Crippen LogP contribution >= 0.6 is 11.9 Å². The van der Waals surface area contributed by atoms with Crippen molar-refractivity contribution in [3.05, 3.63) is 54.2 Å². The fourth-order valence-electron chi connectivity index (χ4n) is 2.88. The van der Waals surface area contributed by atoms with Gasteiger partial charge in [0.25, 0.3) is 0 Å². The highest BCUT2D eigenvalue weighted by Crippen LogP contribution is 2.18. The summed E-state index contributed by atoms with van der Waals surface area (Å²) in [7, 11) is 0. The molecule has 2 N–H and O–H groups in total. The molecule has 0 unspecified atom stereocenters. The second-order valence-corrected chi connectivity index (χ2v) is 7.50. The van der Waals surface area contributed by atoms with Crippen LogP contribution in [0.3, 0.4) is 0 Å². The molecule has 0 atom stereocenters. The lowest BCUT2D eigenvalue weighted by Gasteiger charge is -2.34. The first-order valence-corrected chi connectivity index (χ1v) is 10.5. The van der Waals surface area contributed by atoms with Crippen LogP contribution in [0.5, 0.6) is 0 Å². The predicted molar refractivity (Wildman–Crippen MR) is 115 cm³/mol. The Morgan fingerprint density at radius 3 is 2.67 bits per heavy atom. The van der Waals surface area contributed by atoms with E-state index in [0.717, 1.165) is 49.0 Å². The molecule has 0 saturated carbocycles. The summed E-state index contributed by atoms with van der Waals surface area (Å²) in [5.41, 5.74) is 7.99. The summed E-state index contributed by atoms with van der Waals surface area (Å²) in [4.78, 5) is 11.2. The molecule has 0 aromatic carbocycles. The molecule has 1 fully saturated rings. The number of rotatable bonds is 9. The molecule has 27 heavy (non-hydrogen) atoms. The monoisotopic (exact) mass is 389 g/mol. The van der Waals surface area contributed by atoms with Crippen molar-refractivity contribution < 1.29 is 4.74 Å². The Bertz CT molecular complexity index is 666. The van der Waals surface area contributed by atoms with Crippen molar-refractivity contribution in [1.29, 1.82) is 0 Å². The molecule has 0 amide bonds. The molecule has 1 saturated heterocycles. The van der Waals surface area contributed by atoms with Gasteiger partial charge < -0.3 is 15.4 Å². The average molecular weight is 390 g/mol. The first kappa shape index (κ1) is 21.5. The molecular weight excluding hydrogens is 358 g/mol. The molecule has 2 rings (SSSR count). The van der Waals surface area contributed by atoms with E-state index in [4.69, 9.17) is 10.5 Å². The number of hydrogen-bond donors (Lipinski definition) is 1. The molecule has 1 aromatic rings. The highest BCUT2D eigenvalue weighted by atomic mass is 32.2. The third-order valence-electron chi connectivity index (χ3n) is 4.20. The van der Waals surface area contributed by atoms with Gasteiger partial charge in [-0.05, 0) is 37.8 Å². The molecule has 6 nitrogen and oxygen atoms in total. The van der Waals surface area contributed by atoms with Gasteiger partial charge in [0.2, 0.25) is 0 Å². The van der Waals surface area contributed by atoms with E-state index in [1.165, 1.54) is 0 Å². The van der Waals surface area contributed by atoms with Gasteiger partial charge in [0.15, 0.2) is 0 Å². The maximum Gasteiger partial charge on any atom is 0.132 e. The summed E-state index contributed by atoms with van der Waals surface area (Å²) < 4.78 is 8.18. The van der Waals surface area contributed by atoms with Crippen LogP contribution in [0, 0.1) is 0 Å². The maximum atomic E-state index is 5.97. The first-order valence-electron chi connectivity index (χ1n) is 9.29. The van der Waals surface area contributed by atoms with E-state index >= 15 is 0 Å². The van der Waals surface area contributed by atoms with Crippen LogP contribution in [0.1, 0.15) is 19.5 Å². The van der Waals surface area contributed by atoms with E-state index in [2.05, 4.69) is 38.1 Å². The predicted octanol–water partition coefficient (Wildman–Crippen LogP) is 2.80. The van der Waals surface area contributed by atoms with E-state index in [1.54, 1.807) is 24.4 Å². The van der Waals surface area contributed by atoms with Crippen molar-refractivity contribution in [2.75, 3.05) is 43.9 Å². The fraction of sp³-hybridized carbons (Fsp3) is 0.500. The van der Waals surface area contributed by atoms with Gasteiger partial charge in [-0.1, -0.05) is 24.6 Å². The van der Waals surface area contributed by atoms with Gasteiger partial charge in [0.05, 0.1) is 6.10 Å². The van der Waals surface area contributed by atoms with Gasteiger partial charge in [-0.3, -0.25) is 0 Å². The number of nitrogens with two attached hydrogens (primary N) is 1. The van der Waals surface area contributed by atoms with Gasteiger partial charge in [0, 0.05) is 50.9 Å². The Morgan fingerprint density at radius 2 is 2.07 bits per heavy atom. The number of hydrogen-bond acceptors (Lipinski definition) is 7. The molecule has 1 aliphatic heterocycles. The summed E-state index contributed by atoms with van der Waals surface area (Å²) in [5, 5.41) is 0. The zero-order valence-electron chi connectivity index (χ0n) is 16.6. The molecule has 1 aliphatic rings. The topological polar surface area (TPSA) is 67.5 Å². The number of aromatic nitrogens is 2. The zero-order chi connectivity index (χ0) is 19.6. The molecule has 0 aliphatic carbocycles. The third-order valence-corrected chi connectivity index (χ3v) is 5.08. The molecule has 0 bridgehead atoms. The summed E-state index contributed by atoms with van der Waals surface area (Å²) >= 11 is 1.80. The third kappa shape index (κ3) is 7.01. The quantitative estimate of drug-likeness (QED) is 0.396. The SMILES string of the molecule is C=C/C=C(\C=C(/CN)Cc1cc(N2CCN(SC)CC2)ncn1)OC(C)C. The average Bonchev–Trinajstić information content (AvgIpc) is 2.67. The second-order valence-electron chi connectivity index (χ2n) is 6.62. The largest absolute Gasteiger partial charge is 0.491 e. The molecule has 2 heterocycles. The molecular formula is C20H31N5OS. The van der Waals surface area contributed by atoms with Crippen LogP contribution in [-0.2, 0) is 11.2 Å². The first-order chi connectivity index (χ1) is 13.0. The molecule has 148 valence electrons. The summed E-state index contributed by atoms with van der Waals surface area (Å²) in [6.07, 6.45) is 10.1. The van der Waals surface area contributed by atoms with E-state index in [-0.39, 0.29) is 6.10 Å². The van der Waals surface area contributed by atoms with Gasteiger partial charge in [0.1, 0.15) is 17.9 Å². The Kier molecular flexibility index (Phi) is 8.84. The van der Waals surface area contributed by atoms with Crippen molar-refractivity contribution >= 4 is 17.8 Å². The van der Waals surface area contributed by atoms with Crippen LogP contribution in [0.25, 0.3) is 0 Å². The van der Waals surface area contributed by atoms with Crippen molar-refractivity contribution in [2.24, 2.45) is 5.73 Å². The van der Waals surface area contributed by atoms with Crippen LogP contribution in [0.15, 0.2) is 48.5 Å². The lowest BCUT2D eigenvalue weighted by molar-refractivity contribution is 0.157. The summed E-state index contributed by atoms with van der Waals surface area (Å²) in [5.74, 6) is 1.75. The number of piperazine rings is 1. The highest BCUT2D eigenvalue weighted by Gasteiger charge is 2.17. The normalized spacial score (nSPS) is 16.7. The number of anilines is 1. The Balaban J connectivity index is 2.10. The highest BCUT2D eigenvalue weighted by molar-refractivity contribution is 7.96. The maximum absolute atomic E-state index is 5.97. The summed E-state index contributed by atoms with van der Waals surface area (Å²) in [6.45, 7) is 12.2. The van der Waals surface area contributed by atoms with Gasteiger partial charge in [-0.25, -0.2) is 14.3 Å². The van der Waals surface area contributed by atoms with E-state index in [9.17, 15) is 0 Å². The lowest BCUT2D eigenvalue weighted by Crippen LogP contribution is -2.43. The lowest BCUT2D eigenvalue weighted by atomic mass is 10.1. The Labute approximate surface area is 167 Å². The number of ether oxygens (including phenoxy) is 1. The van der Waals surface area contributed by atoms with Gasteiger partial charge >= 0.3 is 0 Å². The Hall–Kier alpha value is -1.83. The summed E-state index contributed by atoms with van der Waals surface area (Å²) in [6, 6.07) is 2.07. The van der Waals surface area contributed by atoms with E-state index in [0.29, 0.717) is 13.0 Å². The second kappa shape index (κ2) is 11.1. The minimum Gasteiger partial charge on any atom is -0.491 e. The van der Waals surface area contributed by atoms with Crippen LogP contribution < -0.4 is 10.6 Å². The van der Waals surface area contributed by atoms with Crippen LogP contribution in [0.2, 0.25) is 0 Å².